The molecular weight excluding hydrogens is 314 g/mol. The Balaban J connectivity index is 3.08. The van der Waals surface area contributed by atoms with Gasteiger partial charge in [0, 0.05) is 0 Å². The first-order chi connectivity index (χ1) is 10.8. The SMILES string of the molecule is CCOC(=O)C(=NNc1cc(C)ccc1C)C(C)=NNC(N)=S. The Morgan fingerprint density at radius 1 is 1.35 bits per heavy atom. The molecule has 124 valence electrons. The number of benzene rings is 1. The predicted octanol–water partition coefficient (Wildman–Crippen LogP) is 1.84. The summed E-state index contributed by atoms with van der Waals surface area (Å²) in [5.74, 6) is -0.587. The normalized spacial score (nSPS) is 11.8. The first kappa shape index (κ1) is 18.6. The summed E-state index contributed by atoms with van der Waals surface area (Å²) in [7, 11) is 0. The second kappa shape index (κ2) is 8.84. The third-order valence-electron chi connectivity index (χ3n) is 2.83. The topological polar surface area (TPSA) is 101 Å². The number of hydrogen-bond acceptors (Lipinski definition) is 6. The van der Waals surface area contributed by atoms with E-state index in [-0.39, 0.29) is 17.4 Å². The molecule has 0 bridgehead atoms. The van der Waals surface area contributed by atoms with Crippen LogP contribution in [0.4, 0.5) is 5.69 Å². The summed E-state index contributed by atoms with van der Waals surface area (Å²) in [5, 5.41) is 8.03. The van der Waals surface area contributed by atoms with Gasteiger partial charge >= 0.3 is 5.97 Å². The van der Waals surface area contributed by atoms with Crippen molar-refractivity contribution in [3.63, 3.8) is 0 Å². The first-order valence-corrected chi connectivity index (χ1v) is 7.44. The third-order valence-corrected chi connectivity index (χ3v) is 2.92. The Morgan fingerprint density at radius 3 is 2.65 bits per heavy atom. The summed E-state index contributed by atoms with van der Waals surface area (Å²) in [6.07, 6.45) is 0. The van der Waals surface area contributed by atoms with Crippen LogP contribution in [0, 0.1) is 13.8 Å². The molecule has 0 aliphatic heterocycles. The molecule has 0 amide bonds. The lowest BCUT2D eigenvalue weighted by Crippen LogP contribution is -2.30. The molecule has 8 heteroatoms. The monoisotopic (exact) mass is 335 g/mol. The highest BCUT2D eigenvalue weighted by Crippen LogP contribution is 2.16. The number of hydrogen-bond donors (Lipinski definition) is 3. The van der Waals surface area contributed by atoms with E-state index in [1.165, 1.54) is 0 Å². The zero-order valence-corrected chi connectivity index (χ0v) is 14.5. The summed E-state index contributed by atoms with van der Waals surface area (Å²) in [6, 6.07) is 5.89. The molecule has 23 heavy (non-hydrogen) atoms. The lowest BCUT2D eigenvalue weighted by atomic mass is 10.1. The van der Waals surface area contributed by atoms with Crippen molar-refractivity contribution < 1.29 is 9.53 Å². The van der Waals surface area contributed by atoms with Crippen LogP contribution in [0.3, 0.4) is 0 Å². The van der Waals surface area contributed by atoms with Crippen LogP contribution in [-0.2, 0) is 9.53 Å². The van der Waals surface area contributed by atoms with Crippen LogP contribution in [0.25, 0.3) is 0 Å². The van der Waals surface area contributed by atoms with Gasteiger partial charge in [-0.1, -0.05) is 12.1 Å². The fourth-order valence-corrected chi connectivity index (χ4v) is 1.68. The summed E-state index contributed by atoms with van der Waals surface area (Å²) in [4.78, 5) is 12.0. The van der Waals surface area contributed by atoms with Gasteiger partial charge in [0.15, 0.2) is 10.8 Å². The Bertz CT molecular complexity index is 655. The molecule has 0 radical (unpaired) electrons. The number of nitrogens with zero attached hydrogens (tertiary/aromatic N) is 2. The third kappa shape index (κ3) is 6.03. The number of esters is 1. The molecule has 0 saturated carbocycles. The molecule has 0 unspecified atom stereocenters. The van der Waals surface area contributed by atoms with Crippen LogP contribution in [0.1, 0.15) is 25.0 Å². The molecule has 0 heterocycles. The van der Waals surface area contributed by atoms with Gasteiger partial charge in [-0.05, 0) is 57.1 Å². The summed E-state index contributed by atoms with van der Waals surface area (Å²) in [6.45, 7) is 7.46. The highest BCUT2D eigenvalue weighted by atomic mass is 32.1. The van der Waals surface area contributed by atoms with Gasteiger partial charge in [-0.15, -0.1) is 0 Å². The van der Waals surface area contributed by atoms with Gasteiger partial charge in [-0.3, -0.25) is 10.9 Å². The molecule has 0 atom stereocenters. The van der Waals surface area contributed by atoms with Crippen LogP contribution < -0.4 is 16.6 Å². The average molecular weight is 335 g/mol. The predicted molar refractivity (Wildman–Crippen MR) is 96.6 cm³/mol. The van der Waals surface area contributed by atoms with Gasteiger partial charge in [0.2, 0.25) is 0 Å². The van der Waals surface area contributed by atoms with E-state index < -0.39 is 5.97 Å². The number of ether oxygens (including phenoxy) is 1. The Morgan fingerprint density at radius 2 is 2.04 bits per heavy atom. The number of hydrazone groups is 2. The summed E-state index contributed by atoms with van der Waals surface area (Å²) in [5.41, 5.74) is 13.8. The smallest absolute Gasteiger partial charge is 0.360 e. The van der Waals surface area contributed by atoms with Crippen molar-refractivity contribution in [3.8, 4) is 0 Å². The quantitative estimate of drug-likeness (QED) is 0.317. The van der Waals surface area contributed by atoms with E-state index >= 15 is 0 Å². The van der Waals surface area contributed by atoms with Crippen molar-refractivity contribution in [2.24, 2.45) is 15.9 Å². The number of thiocarbonyl (C=S) groups is 1. The van der Waals surface area contributed by atoms with Gasteiger partial charge in [-0.2, -0.15) is 10.2 Å². The highest BCUT2D eigenvalue weighted by molar-refractivity contribution is 7.80. The standard InChI is InChI=1S/C15H21N5O2S/c1-5-22-14(21)13(11(4)17-20-15(16)23)19-18-12-8-9(2)6-7-10(12)3/h6-8,18H,5H2,1-4H3,(H3,16,20,23). The Hall–Kier alpha value is -2.48. The van der Waals surface area contributed by atoms with E-state index in [1.807, 2.05) is 32.0 Å². The second-order valence-electron chi connectivity index (χ2n) is 4.78. The van der Waals surface area contributed by atoms with E-state index in [9.17, 15) is 4.79 Å². The molecule has 0 fully saturated rings. The van der Waals surface area contributed by atoms with E-state index in [2.05, 4.69) is 33.3 Å². The van der Waals surface area contributed by atoms with Crippen molar-refractivity contribution in [2.45, 2.75) is 27.7 Å². The molecule has 0 aromatic heterocycles. The van der Waals surface area contributed by atoms with Crippen molar-refractivity contribution >= 4 is 40.4 Å². The minimum atomic E-state index is -0.587. The Labute approximate surface area is 141 Å². The molecule has 1 aromatic carbocycles. The largest absolute Gasteiger partial charge is 0.461 e. The van der Waals surface area contributed by atoms with Crippen molar-refractivity contribution in [1.29, 1.82) is 0 Å². The molecule has 7 nitrogen and oxygen atoms in total. The highest BCUT2D eigenvalue weighted by Gasteiger charge is 2.17. The molecular formula is C15H21N5O2S. The molecule has 1 rings (SSSR count). The van der Waals surface area contributed by atoms with Gasteiger partial charge < -0.3 is 10.5 Å². The van der Waals surface area contributed by atoms with Gasteiger partial charge in [0.05, 0.1) is 18.0 Å². The summed E-state index contributed by atoms with van der Waals surface area (Å²) >= 11 is 4.68. The van der Waals surface area contributed by atoms with Gasteiger partial charge in [-0.25, -0.2) is 4.79 Å². The number of nitrogens with two attached hydrogens (primary N) is 1. The second-order valence-corrected chi connectivity index (χ2v) is 5.22. The number of aryl methyl sites for hydroxylation is 2. The van der Waals surface area contributed by atoms with Crippen LogP contribution in [0.2, 0.25) is 0 Å². The van der Waals surface area contributed by atoms with E-state index in [1.54, 1.807) is 13.8 Å². The maximum Gasteiger partial charge on any atom is 0.360 e. The van der Waals surface area contributed by atoms with E-state index in [4.69, 9.17) is 10.5 Å². The molecule has 4 N–H and O–H groups in total. The Kier molecular flexibility index (Phi) is 7.14. The van der Waals surface area contributed by atoms with Crippen LogP contribution in [0.5, 0.6) is 0 Å². The van der Waals surface area contributed by atoms with Crippen LogP contribution >= 0.6 is 12.2 Å². The maximum absolute atomic E-state index is 12.0. The number of rotatable bonds is 6. The number of carbonyl (C=O) groups is 1. The van der Waals surface area contributed by atoms with Crippen molar-refractivity contribution in [2.75, 3.05) is 12.0 Å². The molecule has 0 aliphatic carbocycles. The number of nitrogens with one attached hydrogen (secondary N) is 2. The van der Waals surface area contributed by atoms with Crippen LogP contribution in [-0.4, -0.2) is 29.1 Å². The first-order valence-electron chi connectivity index (χ1n) is 7.03. The molecule has 0 saturated heterocycles. The lowest BCUT2D eigenvalue weighted by molar-refractivity contribution is -0.134. The fourth-order valence-electron chi connectivity index (χ4n) is 1.64. The van der Waals surface area contributed by atoms with Crippen LogP contribution in [0.15, 0.2) is 28.4 Å². The van der Waals surface area contributed by atoms with Crippen molar-refractivity contribution in [1.82, 2.24) is 5.43 Å². The maximum atomic E-state index is 12.0. The lowest BCUT2D eigenvalue weighted by Gasteiger charge is -2.09. The van der Waals surface area contributed by atoms with Gasteiger partial charge in [0.1, 0.15) is 0 Å². The molecule has 0 spiro atoms. The summed E-state index contributed by atoms with van der Waals surface area (Å²) < 4.78 is 4.99. The minimum Gasteiger partial charge on any atom is -0.461 e. The number of carbonyl (C=O) groups excluding carboxylic acids is 1. The van der Waals surface area contributed by atoms with Gasteiger partial charge in [0.25, 0.3) is 0 Å². The van der Waals surface area contributed by atoms with E-state index in [0.717, 1.165) is 16.8 Å². The number of anilines is 1. The molecule has 0 aliphatic rings. The zero-order chi connectivity index (χ0) is 17.4. The fraction of sp³-hybridized carbons (Fsp3) is 0.333. The minimum absolute atomic E-state index is 0.00459. The zero-order valence-electron chi connectivity index (χ0n) is 13.6. The van der Waals surface area contributed by atoms with Crippen molar-refractivity contribution in [3.05, 3.63) is 29.3 Å². The average Bonchev–Trinajstić information content (AvgIpc) is 2.49. The molecule has 1 aromatic rings. The van der Waals surface area contributed by atoms with E-state index in [0.29, 0.717) is 5.71 Å².